The highest BCUT2D eigenvalue weighted by molar-refractivity contribution is 7.91. The number of benzene rings is 1. The van der Waals surface area contributed by atoms with Crippen LogP contribution in [0.1, 0.15) is 24.1 Å². The molecule has 0 saturated carbocycles. The summed E-state index contributed by atoms with van der Waals surface area (Å²) in [5, 5.41) is 10.6. The van der Waals surface area contributed by atoms with Crippen molar-refractivity contribution in [3.8, 4) is 0 Å². The topological polar surface area (TPSA) is 57.6 Å². The monoisotopic (exact) mass is 329 g/mol. The summed E-state index contributed by atoms with van der Waals surface area (Å²) in [5.74, 6) is -0.436. The zero-order valence-electron chi connectivity index (χ0n) is 11.7. The molecule has 2 rings (SSSR count). The van der Waals surface area contributed by atoms with Gasteiger partial charge in [0, 0.05) is 18.7 Å². The van der Waals surface area contributed by atoms with Crippen LogP contribution in [0.5, 0.6) is 0 Å². The molecule has 2 aromatic rings. The van der Waals surface area contributed by atoms with E-state index in [0.29, 0.717) is 11.1 Å². The SMILES string of the molecule is CC(c1ccccc1F)N(C)S(=O)(=O)c1cc(CO)cs1. The number of rotatable bonds is 5. The van der Waals surface area contributed by atoms with Crippen molar-refractivity contribution in [1.29, 1.82) is 0 Å². The summed E-state index contributed by atoms with van der Waals surface area (Å²) in [5.41, 5.74) is 0.869. The molecule has 0 spiro atoms. The first-order valence-corrected chi connectivity index (χ1v) is 8.60. The average Bonchev–Trinajstić information content (AvgIpc) is 2.96. The predicted octanol–water partition coefficient (Wildman–Crippen LogP) is 2.76. The lowest BCUT2D eigenvalue weighted by molar-refractivity contribution is 0.282. The van der Waals surface area contributed by atoms with Gasteiger partial charge in [-0.25, -0.2) is 12.8 Å². The molecule has 1 atom stereocenters. The second kappa shape index (κ2) is 6.23. The van der Waals surface area contributed by atoms with Gasteiger partial charge in [-0.3, -0.25) is 0 Å². The molecule has 0 aliphatic heterocycles. The fourth-order valence-electron chi connectivity index (χ4n) is 1.93. The minimum absolute atomic E-state index is 0.136. The Morgan fingerprint density at radius 1 is 1.38 bits per heavy atom. The van der Waals surface area contributed by atoms with E-state index < -0.39 is 21.9 Å². The number of hydrogen-bond acceptors (Lipinski definition) is 4. The zero-order chi connectivity index (χ0) is 15.6. The summed E-state index contributed by atoms with van der Waals surface area (Å²) in [6.45, 7) is 1.43. The third-order valence-electron chi connectivity index (χ3n) is 3.35. The normalized spacial score (nSPS) is 13.6. The van der Waals surface area contributed by atoms with Gasteiger partial charge in [-0.05, 0) is 30.0 Å². The molecule has 0 aliphatic carbocycles. The summed E-state index contributed by atoms with van der Waals surface area (Å²) in [4.78, 5) is 0. The first-order valence-electron chi connectivity index (χ1n) is 6.28. The number of nitrogens with zero attached hydrogens (tertiary/aromatic N) is 1. The van der Waals surface area contributed by atoms with E-state index in [0.717, 1.165) is 15.6 Å². The maximum Gasteiger partial charge on any atom is 0.252 e. The summed E-state index contributed by atoms with van der Waals surface area (Å²) in [6.07, 6.45) is 0. The molecule has 1 aromatic heterocycles. The van der Waals surface area contributed by atoms with Crippen LogP contribution in [0.4, 0.5) is 4.39 Å². The Labute approximate surface area is 127 Å². The van der Waals surface area contributed by atoms with Crippen molar-refractivity contribution in [2.45, 2.75) is 23.8 Å². The van der Waals surface area contributed by atoms with E-state index in [4.69, 9.17) is 5.11 Å². The van der Waals surface area contributed by atoms with Crippen LogP contribution in [0.15, 0.2) is 39.9 Å². The summed E-state index contributed by atoms with van der Waals surface area (Å²) < 4.78 is 40.1. The second-order valence-corrected chi connectivity index (χ2v) is 7.79. The van der Waals surface area contributed by atoms with Gasteiger partial charge < -0.3 is 5.11 Å². The number of aliphatic hydroxyl groups is 1. The highest BCUT2D eigenvalue weighted by Crippen LogP contribution is 2.30. The van der Waals surface area contributed by atoms with Gasteiger partial charge >= 0.3 is 0 Å². The van der Waals surface area contributed by atoms with E-state index >= 15 is 0 Å². The number of hydrogen-bond donors (Lipinski definition) is 1. The van der Waals surface area contributed by atoms with Crippen molar-refractivity contribution in [3.63, 3.8) is 0 Å². The van der Waals surface area contributed by atoms with Crippen LogP contribution < -0.4 is 0 Å². The van der Waals surface area contributed by atoms with Gasteiger partial charge in [0.15, 0.2) is 0 Å². The molecule has 21 heavy (non-hydrogen) atoms. The van der Waals surface area contributed by atoms with Gasteiger partial charge in [-0.1, -0.05) is 18.2 Å². The lowest BCUT2D eigenvalue weighted by Crippen LogP contribution is -2.29. The molecule has 0 fully saturated rings. The Hall–Kier alpha value is -1.28. The molecule has 1 N–H and O–H groups in total. The predicted molar refractivity (Wildman–Crippen MR) is 80.0 cm³/mol. The number of aliphatic hydroxyl groups excluding tert-OH is 1. The molecule has 114 valence electrons. The summed E-state index contributed by atoms with van der Waals surface area (Å²) in [6, 6.07) is 6.92. The van der Waals surface area contributed by atoms with Gasteiger partial charge in [0.25, 0.3) is 10.0 Å². The van der Waals surface area contributed by atoms with Crippen LogP contribution in [0, 0.1) is 5.82 Å². The molecule has 0 saturated heterocycles. The van der Waals surface area contributed by atoms with Crippen molar-refractivity contribution < 1.29 is 17.9 Å². The van der Waals surface area contributed by atoms with Crippen molar-refractivity contribution in [1.82, 2.24) is 4.31 Å². The van der Waals surface area contributed by atoms with E-state index in [1.807, 2.05) is 0 Å². The van der Waals surface area contributed by atoms with Crippen molar-refractivity contribution in [3.05, 3.63) is 52.7 Å². The van der Waals surface area contributed by atoms with Gasteiger partial charge in [-0.15, -0.1) is 11.3 Å². The van der Waals surface area contributed by atoms with E-state index in [-0.39, 0.29) is 10.8 Å². The maximum atomic E-state index is 13.8. The molecule has 0 amide bonds. The Morgan fingerprint density at radius 2 is 2.05 bits per heavy atom. The highest BCUT2D eigenvalue weighted by Gasteiger charge is 2.28. The highest BCUT2D eigenvalue weighted by atomic mass is 32.2. The van der Waals surface area contributed by atoms with Gasteiger partial charge in [0.2, 0.25) is 0 Å². The number of halogens is 1. The Balaban J connectivity index is 2.34. The third kappa shape index (κ3) is 3.16. The maximum absolute atomic E-state index is 13.8. The van der Waals surface area contributed by atoms with E-state index in [1.165, 1.54) is 19.2 Å². The average molecular weight is 329 g/mol. The second-order valence-electron chi connectivity index (χ2n) is 4.65. The molecule has 7 heteroatoms. The summed E-state index contributed by atoms with van der Waals surface area (Å²) >= 11 is 1.04. The van der Waals surface area contributed by atoms with Gasteiger partial charge in [0.05, 0.1) is 6.61 Å². The van der Waals surface area contributed by atoms with Crippen molar-refractivity contribution >= 4 is 21.4 Å². The van der Waals surface area contributed by atoms with Crippen LogP contribution in [0.25, 0.3) is 0 Å². The molecular weight excluding hydrogens is 313 g/mol. The minimum atomic E-state index is -3.72. The smallest absolute Gasteiger partial charge is 0.252 e. The number of thiophene rings is 1. The third-order valence-corrected chi connectivity index (χ3v) is 6.74. The van der Waals surface area contributed by atoms with Crippen molar-refractivity contribution in [2.75, 3.05) is 7.05 Å². The van der Waals surface area contributed by atoms with Gasteiger partial charge in [-0.2, -0.15) is 4.31 Å². The van der Waals surface area contributed by atoms with Crippen LogP contribution in [0.2, 0.25) is 0 Å². The largest absolute Gasteiger partial charge is 0.392 e. The molecule has 1 heterocycles. The van der Waals surface area contributed by atoms with E-state index in [1.54, 1.807) is 30.5 Å². The first-order chi connectivity index (χ1) is 9.87. The minimum Gasteiger partial charge on any atom is -0.392 e. The van der Waals surface area contributed by atoms with Gasteiger partial charge in [0.1, 0.15) is 10.0 Å². The van der Waals surface area contributed by atoms with Crippen LogP contribution >= 0.6 is 11.3 Å². The molecule has 0 radical (unpaired) electrons. The lowest BCUT2D eigenvalue weighted by Gasteiger charge is -2.24. The quantitative estimate of drug-likeness (QED) is 0.918. The zero-order valence-corrected chi connectivity index (χ0v) is 13.3. The number of sulfonamides is 1. The van der Waals surface area contributed by atoms with E-state index in [2.05, 4.69) is 0 Å². The van der Waals surface area contributed by atoms with Crippen LogP contribution in [-0.2, 0) is 16.6 Å². The lowest BCUT2D eigenvalue weighted by atomic mass is 10.1. The van der Waals surface area contributed by atoms with Crippen molar-refractivity contribution in [2.24, 2.45) is 0 Å². The fourth-order valence-corrected chi connectivity index (χ4v) is 4.66. The molecular formula is C14H16FNO3S2. The standard InChI is InChI=1S/C14H16FNO3S2/c1-10(12-5-3-4-6-13(12)15)16(2)21(18,19)14-7-11(8-17)9-20-14/h3-7,9-10,17H,8H2,1-2H3. The summed E-state index contributed by atoms with van der Waals surface area (Å²) in [7, 11) is -2.30. The molecule has 0 aliphatic rings. The van der Waals surface area contributed by atoms with E-state index in [9.17, 15) is 12.8 Å². The van der Waals surface area contributed by atoms with Crippen LogP contribution in [-0.4, -0.2) is 24.9 Å². The Bertz CT molecular complexity index is 727. The Kier molecular flexibility index (Phi) is 4.77. The first kappa shape index (κ1) is 16.1. The van der Waals surface area contributed by atoms with Crippen LogP contribution in [0.3, 0.4) is 0 Å². The Morgan fingerprint density at radius 3 is 2.62 bits per heavy atom. The fraction of sp³-hybridized carbons (Fsp3) is 0.286. The molecule has 0 bridgehead atoms. The molecule has 1 aromatic carbocycles. The molecule has 4 nitrogen and oxygen atoms in total. The molecule has 1 unspecified atom stereocenters.